The molecule has 3 aromatic rings. The van der Waals surface area contributed by atoms with Gasteiger partial charge in [0.25, 0.3) is 0 Å². The highest BCUT2D eigenvalue weighted by atomic mass is 19.4. The first-order chi connectivity index (χ1) is 17.0. The van der Waals surface area contributed by atoms with Crippen LogP contribution in [0.15, 0.2) is 36.8 Å². The van der Waals surface area contributed by atoms with E-state index >= 15 is 4.39 Å². The molecular weight excluding hydrogens is 480 g/mol. The van der Waals surface area contributed by atoms with E-state index in [2.05, 4.69) is 9.97 Å². The van der Waals surface area contributed by atoms with Crippen molar-refractivity contribution in [3.05, 3.63) is 53.7 Å². The number of aryl methyl sites for hydroxylation is 1. The Kier molecular flexibility index (Phi) is 7.46. The molecule has 2 aromatic heterocycles. The van der Waals surface area contributed by atoms with Crippen molar-refractivity contribution in [1.29, 1.82) is 0 Å². The number of β-amino-alcohol motifs (C(OH)–C–C–N with tert-alkyl or cyclic N) is 1. The molecule has 36 heavy (non-hydrogen) atoms. The number of aromatic nitrogens is 3. The van der Waals surface area contributed by atoms with Crippen molar-refractivity contribution >= 4 is 22.8 Å². The van der Waals surface area contributed by atoms with Gasteiger partial charge in [-0.1, -0.05) is 12.1 Å². The molecule has 1 fully saturated rings. The zero-order chi connectivity index (χ0) is 26.0. The molecule has 1 aromatic carbocycles. The van der Waals surface area contributed by atoms with E-state index in [0.717, 1.165) is 12.1 Å². The number of halogens is 4. The average Bonchev–Trinajstić information content (AvgIpc) is 3.13. The Hall–Kier alpha value is -3.25. The van der Waals surface area contributed by atoms with E-state index in [4.69, 9.17) is 5.73 Å². The van der Waals surface area contributed by atoms with E-state index in [1.165, 1.54) is 24.7 Å². The molecule has 1 aliphatic heterocycles. The number of hydrogen-bond donors (Lipinski definition) is 2. The number of rotatable bonds is 8. The summed E-state index contributed by atoms with van der Waals surface area (Å²) < 4.78 is 55.2. The average molecular weight is 509 g/mol. The largest absolute Gasteiger partial charge is 0.416 e. The lowest BCUT2D eigenvalue weighted by Gasteiger charge is -2.35. The highest BCUT2D eigenvalue weighted by Crippen LogP contribution is 2.31. The summed E-state index contributed by atoms with van der Waals surface area (Å²) in [6.07, 6.45) is -1.07. The zero-order valence-corrected chi connectivity index (χ0v) is 19.7. The summed E-state index contributed by atoms with van der Waals surface area (Å²) in [5.74, 6) is -0.625. The maximum absolute atomic E-state index is 15.0. The van der Waals surface area contributed by atoms with Gasteiger partial charge in [0.1, 0.15) is 17.8 Å². The molecule has 0 bridgehead atoms. The Morgan fingerprint density at radius 3 is 2.61 bits per heavy atom. The Labute approximate surface area is 205 Å². The maximum atomic E-state index is 15.0. The van der Waals surface area contributed by atoms with Gasteiger partial charge in [0.2, 0.25) is 5.91 Å². The van der Waals surface area contributed by atoms with Gasteiger partial charge in [-0.25, -0.2) is 14.4 Å². The lowest BCUT2D eigenvalue weighted by molar-refractivity contribution is -0.137. The zero-order valence-electron chi connectivity index (χ0n) is 19.7. The topological polar surface area (TPSA) is 101 Å². The molecule has 8 nitrogen and oxygen atoms in total. The smallest absolute Gasteiger partial charge is 0.392 e. The van der Waals surface area contributed by atoms with E-state index in [1.54, 1.807) is 16.5 Å². The summed E-state index contributed by atoms with van der Waals surface area (Å²) in [7, 11) is 1.69. The monoisotopic (exact) mass is 508 g/mol. The van der Waals surface area contributed by atoms with Crippen molar-refractivity contribution in [2.75, 3.05) is 31.6 Å². The van der Waals surface area contributed by atoms with Gasteiger partial charge in [0.05, 0.1) is 23.6 Å². The number of alkyl halides is 3. The van der Waals surface area contributed by atoms with Gasteiger partial charge >= 0.3 is 6.18 Å². The van der Waals surface area contributed by atoms with Gasteiger partial charge < -0.3 is 20.3 Å². The SMILES string of the molecule is CN(Cc1ccc(C(F)(F)F)cc1)c1ncnc2c1c(F)cn2CC[C@@H]1CCN(CC(N)=O)C[C@H]1O. The molecule has 3 heterocycles. The van der Waals surface area contributed by atoms with Crippen LogP contribution < -0.4 is 10.6 Å². The number of piperidine rings is 1. The van der Waals surface area contributed by atoms with Crippen LogP contribution in [0.2, 0.25) is 0 Å². The molecule has 3 N–H and O–H groups in total. The lowest BCUT2D eigenvalue weighted by atomic mass is 9.91. The van der Waals surface area contributed by atoms with E-state index in [-0.39, 0.29) is 24.4 Å². The van der Waals surface area contributed by atoms with E-state index in [1.807, 2.05) is 4.90 Å². The number of nitrogens with two attached hydrogens (primary N) is 1. The molecule has 1 amide bonds. The summed E-state index contributed by atoms with van der Waals surface area (Å²) in [4.78, 5) is 23.1. The van der Waals surface area contributed by atoms with Crippen molar-refractivity contribution in [2.24, 2.45) is 11.7 Å². The van der Waals surface area contributed by atoms with Crippen LogP contribution in [0, 0.1) is 11.7 Å². The second-order valence-corrected chi connectivity index (χ2v) is 9.22. The Bertz CT molecular complexity index is 1210. The predicted octanol–water partition coefficient (Wildman–Crippen LogP) is 2.78. The highest BCUT2D eigenvalue weighted by Gasteiger charge is 2.30. The number of carbonyl (C=O) groups is 1. The third kappa shape index (κ3) is 5.76. The van der Waals surface area contributed by atoms with Crippen LogP contribution in [0.1, 0.15) is 24.0 Å². The predicted molar refractivity (Wildman–Crippen MR) is 125 cm³/mol. The molecule has 194 valence electrons. The van der Waals surface area contributed by atoms with Gasteiger partial charge in [-0.15, -0.1) is 0 Å². The number of aliphatic hydroxyl groups excluding tert-OH is 1. The number of anilines is 1. The summed E-state index contributed by atoms with van der Waals surface area (Å²) >= 11 is 0. The molecular formula is C24H28F4N6O2. The molecule has 0 spiro atoms. The summed E-state index contributed by atoms with van der Waals surface area (Å²) in [6.45, 7) is 1.76. The number of carbonyl (C=O) groups excluding carboxylic acids is 1. The second kappa shape index (κ2) is 10.4. The molecule has 12 heteroatoms. The Morgan fingerprint density at radius 2 is 1.97 bits per heavy atom. The van der Waals surface area contributed by atoms with Crippen molar-refractivity contribution < 1.29 is 27.5 Å². The fraction of sp³-hybridized carbons (Fsp3) is 0.458. The fourth-order valence-corrected chi connectivity index (χ4v) is 4.72. The van der Waals surface area contributed by atoms with Gasteiger partial charge in [-0.05, 0) is 43.0 Å². The van der Waals surface area contributed by atoms with Crippen LogP contribution in [0.25, 0.3) is 11.0 Å². The Balaban J connectivity index is 1.46. The normalized spacial score (nSPS) is 19.1. The van der Waals surface area contributed by atoms with Crippen molar-refractivity contribution in [1.82, 2.24) is 19.4 Å². The van der Waals surface area contributed by atoms with Crippen LogP contribution in [-0.2, 0) is 24.1 Å². The molecule has 2 atom stereocenters. The molecule has 0 radical (unpaired) electrons. The standard InChI is InChI=1S/C24H28F4N6O2/c1-32(10-15-2-4-17(5-3-15)24(26,27)28)22-21-18(25)11-34(23(21)31-14-30-22)9-7-16-6-8-33(12-19(16)35)13-20(29)36/h2-5,11,14,16,19,35H,6-10,12-13H2,1H3,(H2,29,36)/t16-,19+/m0/s1. The van der Waals surface area contributed by atoms with Crippen LogP contribution in [0.3, 0.4) is 0 Å². The summed E-state index contributed by atoms with van der Waals surface area (Å²) in [5.41, 5.74) is 5.52. The van der Waals surface area contributed by atoms with Gasteiger partial charge in [-0.3, -0.25) is 9.69 Å². The number of amides is 1. The summed E-state index contributed by atoms with van der Waals surface area (Å²) in [5, 5.41) is 10.7. The quantitative estimate of drug-likeness (QED) is 0.454. The minimum atomic E-state index is -4.41. The third-order valence-electron chi connectivity index (χ3n) is 6.58. The number of nitrogens with zero attached hydrogens (tertiary/aromatic N) is 5. The number of primary amides is 1. The fourth-order valence-electron chi connectivity index (χ4n) is 4.72. The Morgan fingerprint density at radius 1 is 1.25 bits per heavy atom. The van der Waals surface area contributed by atoms with Crippen LogP contribution >= 0.6 is 0 Å². The van der Waals surface area contributed by atoms with Crippen LogP contribution in [-0.4, -0.2) is 63.2 Å². The van der Waals surface area contributed by atoms with Gasteiger partial charge in [0, 0.05) is 32.9 Å². The molecule has 0 saturated carbocycles. The molecule has 1 saturated heterocycles. The first kappa shape index (κ1) is 25.8. The van der Waals surface area contributed by atoms with Gasteiger partial charge in [0.15, 0.2) is 5.82 Å². The molecule has 0 unspecified atom stereocenters. The number of likely N-dealkylation sites (tertiary alicyclic amines) is 1. The van der Waals surface area contributed by atoms with Crippen molar-refractivity contribution in [3.8, 4) is 0 Å². The number of fused-ring (bicyclic) bond motifs is 1. The molecule has 1 aliphatic rings. The minimum Gasteiger partial charge on any atom is -0.392 e. The number of hydrogen-bond acceptors (Lipinski definition) is 6. The maximum Gasteiger partial charge on any atom is 0.416 e. The first-order valence-corrected chi connectivity index (χ1v) is 11.6. The highest BCUT2D eigenvalue weighted by molar-refractivity contribution is 5.88. The molecule has 0 aliphatic carbocycles. The van der Waals surface area contributed by atoms with E-state index in [0.29, 0.717) is 49.5 Å². The van der Waals surface area contributed by atoms with Crippen molar-refractivity contribution in [2.45, 2.75) is 38.2 Å². The third-order valence-corrected chi connectivity index (χ3v) is 6.58. The second-order valence-electron chi connectivity index (χ2n) is 9.22. The molecule has 4 rings (SSSR count). The number of benzene rings is 1. The number of aliphatic hydroxyl groups is 1. The minimum absolute atomic E-state index is 0.0155. The van der Waals surface area contributed by atoms with Crippen LogP contribution in [0.4, 0.5) is 23.4 Å². The van der Waals surface area contributed by atoms with E-state index in [9.17, 15) is 23.1 Å². The first-order valence-electron chi connectivity index (χ1n) is 11.6. The van der Waals surface area contributed by atoms with Crippen LogP contribution in [0.5, 0.6) is 0 Å². The lowest BCUT2D eigenvalue weighted by Crippen LogP contribution is -2.47. The van der Waals surface area contributed by atoms with Crippen molar-refractivity contribution in [3.63, 3.8) is 0 Å². The summed E-state index contributed by atoms with van der Waals surface area (Å²) in [6, 6.07) is 4.81. The van der Waals surface area contributed by atoms with Gasteiger partial charge in [-0.2, -0.15) is 13.2 Å². The van der Waals surface area contributed by atoms with E-state index < -0.39 is 29.6 Å².